The molecule has 0 radical (unpaired) electrons. The Morgan fingerprint density at radius 1 is 1.23 bits per heavy atom. The zero-order valence-electron chi connectivity index (χ0n) is 15.0. The van der Waals surface area contributed by atoms with Gasteiger partial charge in [-0.05, 0) is 44.9 Å². The van der Waals surface area contributed by atoms with Crippen LogP contribution in [0.5, 0.6) is 0 Å². The number of esters is 1. The minimum absolute atomic E-state index is 0.192. The Balaban J connectivity index is 1.79. The summed E-state index contributed by atoms with van der Waals surface area (Å²) in [5.41, 5.74) is 0.230. The van der Waals surface area contributed by atoms with Crippen molar-refractivity contribution in [3.63, 3.8) is 0 Å². The zero-order chi connectivity index (χ0) is 18.7. The number of ether oxygens (including phenoxy) is 1. The van der Waals surface area contributed by atoms with E-state index in [2.05, 4.69) is 4.98 Å². The molecule has 26 heavy (non-hydrogen) atoms. The SMILES string of the molecule is CC(C)OC(=O)c1cccnc1N1CCC(O)(c2ccccc2Cl)CC1. The summed E-state index contributed by atoms with van der Waals surface area (Å²) in [6.45, 7) is 4.78. The van der Waals surface area contributed by atoms with E-state index in [1.54, 1.807) is 24.4 Å². The molecule has 1 aromatic carbocycles. The molecule has 0 aliphatic carbocycles. The van der Waals surface area contributed by atoms with Crippen molar-refractivity contribution in [2.75, 3.05) is 18.0 Å². The Hall–Kier alpha value is -2.11. The van der Waals surface area contributed by atoms with Crippen LogP contribution in [0.3, 0.4) is 0 Å². The van der Waals surface area contributed by atoms with Crippen LogP contribution in [0, 0.1) is 0 Å². The van der Waals surface area contributed by atoms with Gasteiger partial charge in [0.25, 0.3) is 0 Å². The molecule has 3 rings (SSSR count). The first-order valence-electron chi connectivity index (χ1n) is 8.79. The molecule has 1 aliphatic heterocycles. The molecule has 0 bridgehead atoms. The second kappa shape index (κ2) is 7.64. The Morgan fingerprint density at radius 2 is 1.92 bits per heavy atom. The molecule has 1 saturated heterocycles. The minimum atomic E-state index is -0.970. The predicted octanol–water partition coefficient (Wildman–Crippen LogP) is 3.79. The lowest BCUT2D eigenvalue weighted by Gasteiger charge is -2.39. The first kappa shape index (κ1) is 18.7. The van der Waals surface area contributed by atoms with E-state index in [0.29, 0.717) is 42.3 Å². The molecule has 0 amide bonds. The lowest BCUT2D eigenvalue weighted by molar-refractivity contribution is 0.0117. The van der Waals surface area contributed by atoms with Gasteiger partial charge in [0.1, 0.15) is 11.4 Å². The van der Waals surface area contributed by atoms with Crippen LogP contribution in [0.2, 0.25) is 5.02 Å². The minimum Gasteiger partial charge on any atom is -0.459 e. The summed E-state index contributed by atoms with van der Waals surface area (Å²) in [5.74, 6) is 0.217. The van der Waals surface area contributed by atoms with Crippen molar-refractivity contribution in [3.8, 4) is 0 Å². The lowest BCUT2D eigenvalue weighted by Crippen LogP contribution is -2.43. The third-order valence-corrected chi connectivity index (χ3v) is 4.94. The monoisotopic (exact) mass is 374 g/mol. The number of carbonyl (C=O) groups is 1. The number of piperidine rings is 1. The highest BCUT2D eigenvalue weighted by molar-refractivity contribution is 6.31. The van der Waals surface area contributed by atoms with Crippen molar-refractivity contribution in [3.05, 3.63) is 58.7 Å². The number of rotatable bonds is 4. The maximum absolute atomic E-state index is 12.4. The molecular formula is C20H23ClN2O3. The topological polar surface area (TPSA) is 62.7 Å². The Bertz CT molecular complexity index is 786. The number of nitrogens with zero attached hydrogens (tertiary/aromatic N) is 2. The molecule has 1 aliphatic rings. The van der Waals surface area contributed by atoms with Gasteiger partial charge in [0.15, 0.2) is 0 Å². The summed E-state index contributed by atoms with van der Waals surface area (Å²) in [4.78, 5) is 18.8. The molecular weight excluding hydrogens is 352 g/mol. The standard InChI is InChI=1S/C20H23ClN2O3/c1-14(2)26-19(24)15-6-5-11-22-18(15)23-12-9-20(25,10-13-23)16-7-3-4-8-17(16)21/h3-8,11,14,25H,9-10,12-13H2,1-2H3. The maximum Gasteiger partial charge on any atom is 0.342 e. The Labute approximate surface area is 158 Å². The molecule has 138 valence electrons. The van der Waals surface area contributed by atoms with Crippen LogP contribution in [-0.2, 0) is 10.3 Å². The van der Waals surface area contributed by atoms with E-state index in [4.69, 9.17) is 16.3 Å². The fourth-order valence-corrected chi connectivity index (χ4v) is 3.59. The van der Waals surface area contributed by atoms with Gasteiger partial charge in [-0.3, -0.25) is 0 Å². The van der Waals surface area contributed by atoms with Crippen molar-refractivity contribution in [2.24, 2.45) is 0 Å². The van der Waals surface area contributed by atoms with Gasteiger partial charge in [-0.1, -0.05) is 29.8 Å². The van der Waals surface area contributed by atoms with Crippen molar-refractivity contribution in [1.82, 2.24) is 4.98 Å². The average Bonchev–Trinajstić information content (AvgIpc) is 2.62. The normalized spacial score (nSPS) is 16.6. The third kappa shape index (κ3) is 3.84. The number of carbonyl (C=O) groups excluding carboxylic acids is 1. The van der Waals surface area contributed by atoms with Crippen LogP contribution in [-0.4, -0.2) is 35.3 Å². The summed E-state index contributed by atoms with van der Waals surface area (Å²) in [7, 11) is 0. The van der Waals surface area contributed by atoms with Crippen LogP contribution in [0.4, 0.5) is 5.82 Å². The molecule has 5 nitrogen and oxygen atoms in total. The number of aromatic nitrogens is 1. The molecule has 1 N–H and O–H groups in total. The van der Waals surface area contributed by atoms with Gasteiger partial charge in [-0.15, -0.1) is 0 Å². The summed E-state index contributed by atoms with van der Waals surface area (Å²) in [6.07, 6.45) is 2.48. The highest BCUT2D eigenvalue weighted by Crippen LogP contribution is 2.38. The molecule has 0 unspecified atom stereocenters. The molecule has 2 aromatic rings. The zero-order valence-corrected chi connectivity index (χ0v) is 15.7. The van der Waals surface area contributed by atoms with Crippen LogP contribution >= 0.6 is 11.6 Å². The fraction of sp³-hybridized carbons (Fsp3) is 0.400. The van der Waals surface area contributed by atoms with Crippen LogP contribution < -0.4 is 4.90 Å². The van der Waals surface area contributed by atoms with E-state index < -0.39 is 5.60 Å². The first-order valence-corrected chi connectivity index (χ1v) is 9.17. The van der Waals surface area contributed by atoms with Gasteiger partial charge in [0.05, 0.1) is 11.7 Å². The number of hydrogen-bond acceptors (Lipinski definition) is 5. The Morgan fingerprint density at radius 3 is 2.58 bits per heavy atom. The van der Waals surface area contributed by atoms with Gasteiger partial charge in [-0.25, -0.2) is 9.78 Å². The number of anilines is 1. The molecule has 6 heteroatoms. The van der Waals surface area contributed by atoms with Gasteiger partial charge in [0.2, 0.25) is 0 Å². The summed E-state index contributed by atoms with van der Waals surface area (Å²) in [6, 6.07) is 10.8. The van der Waals surface area contributed by atoms with E-state index in [-0.39, 0.29) is 12.1 Å². The molecule has 2 heterocycles. The van der Waals surface area contributed by atoms with E-state index >= 15 is 0 Å². The number of halogens is 1. The van der Waals surface area contributed by atoms with E-state index in [0.717, 1.165) is 5.56 Å². The summed E-state index contributed by atoms with van der Waals surface area (Å²) in [5, 5.41) is 11.6. The van der Waals surface area contributed by atoms with Gasteiger partial charge < -0.3 is 14.7 Å². The van der Waals surface area contributed by atoms with E-state index in [9.17, 15) is 9.90 Å². The van der Waals surface area contributed by atoms with E-state index in [1.165, 1.54) is 0 Å². The highest BCUT2D eigenvalue weighted by Gasteiger charge is 2.36. The number of benzene rings is 1. The van der Waals surface area contributed by atoms with E-state index in [1.807, 2.05) is 36.9 Å². The fourth-order valence-electron chi connectivity index (χ4n) is 3.28. The van der Waals surface area contributed by atoms with Gasteiger partial charge >= 0.3 is 5.97 Å². The van der Waals surface area contributed by atoms with Crippen molar-refractivity contribution < 1.29 is 14.6 Å². The molecule has 1 aromatic heterocycles. The molecule has 0 spiro atoms. The predicted molar refractivity (Wildman–Crippen MR) is 102 cm³/mol. The van der Waals surface area contributed by atoms with Crippen LogP contribution in [0.15, 0.2) is 42.6 Å². The Kier molecular flexibility index (Phi) is 5.49. The number of pyridine rings is 1. The third-order valence-electron chi connectivity index (χ3n) is 4.61. The lowest BCUT2D eigenvalue weighted by atomic mass is 9.84. The second-order valence-electron chi connectivity index (χ2n) is 6.83. The number of aliphatic hydroxyl groups is 1. The average molecular weight is 375 g/mol. The largest absolute Gasteiger partial charge is 0.459 e. The van der Waals surface area contributed by atoms with Gasteiger partial charge in [-0.2, -0.15) is 0 Å². The van der Waals surface area contributed by atoms with Crippen molar-refractivity contribution in [1.29, 1.82) is 0 Å². The van der Waals surface area contributed by atoms with Gasteiger partial charge in [0, 0.05) is 29.9 Å². The summed E-state index contributed by atoms with van der Waals surface area (Å²) >= 11 is 6.27. The quantitative estimate of drug-likeness (QED) is 0.825. The van der Waals surface area contributed by atoms with Crippen molar-refractivity contribution >= 4 is 23.4 Å². The highest BCUT2D eigenvalue weighted by atomic mass is 35.5. The number of hydrogen-bond donors (Lipinski definition) is 1. The second-order valence-corrected chi connectivity index (χ2v) is 7.23. The molecule has 1 fully saturated rings. The molecule has 0 saturated carbocycles. The maximum atomic E-state index is 12.4. The molecule has 0 atom stereocenters. The summed E-state index contributed by atoms with van der Waals surface area (Å²) < 4.78 is 5.32. The first-order chi connectivity index (χ1) is 12.4. The van der Waals surface area contributed by atoms with Crippen molar-refractivity contribution in [2.45, 2.75) is 38.4 Å². The van der Waals surface area contributed by atoms with Crippen LogP contribution in [0.1, 0.15) is 42.6 Å². The van der Waals surface area contributed by atoms with Crippen LogP contribution in [0.25, 0.3) is 0 Å². The smallest absolute Gasteiger partial charge is 0.342 e.